The molecule has 2 N–H and O–H groups in total. The number of aromatic nitrogens is 2. The van der Waals surface area contributed by atoms with E-state index in [9.17, 15) is 9.59 Å². The Morgan fingerprint density at radius 1 is 1.20 bits per heavy atom. The number of rotatable bonds is 10. The number of hydrogen-bond donors (Lipinski definition) is 2. The number of carbonyl (C=O) groups is 2. The Morgan fingerprint density at radius 3 is 2.63 bits per heavy atom. The molecule has 2 aliphatic rings. The van der Waals surface area contributed by atoms with E-state index in [1.165, 1.54) is 27.4 Å². The molecule has 1 unspecified atom stereocenters. The molecule has 2 aromatic rings. The molecular weight excluding hydrogens is 472 g/mol. The van der Waals surface area contributed by atoms with E-state index < -0.39 is 0 Å². The van der Waals surface area contributed by atoms with Gasteiger partial charge in [-0.1, -0.05) is 0 Å². The smallest absolute Gasteiger partial charge is 0.249 e. The molecule has 0 spiro atoms. The second-order valence-electron chi connectivity index (χ2n) is 8.14. The molecule has 35 heavy (non-hydrogen) atoms. The van der Waals surface area contributed by atoms with E-state index in [4.69, 9.17) is 18.9 Å². The summed E-state index contributed by atoms with van der Waals surface area (Å²) in [6, 6.07) is 3.50. The minimum absolute atomic E-state index is 0.0244. The van der Waals surface area contributed by atoms with Gasteiger partial charge in [-0.15, -0.1) is 0 Å². The van der Waals surface area contributed by atoms with Crippen molar-refractivity contribution < 1.29 is 28.5 Å². The lowest BCUT2D eigenvalue weighted by molar-refractivity contribution is -0.122. The maximum Gasteiger partial charge on any atom is 0.249 e. The molecule has 1 aromatic heterocycles. The fourth-order valence-electron chi connectivity index (χ4n) is 4.07. The molecule has 2 amide bonds. The van der Waals surface area contributed by atoms with Gasteiger partial charge in [0.2, 0.25) is 17.6 Å². The Hall–Kier alpha value is -3.18. The van der Waals surface area contributed by atoms with Crippen LogP contribution >= 0.6 is 11.8 Å². The molecule has 0 aliphatic carbocycles. The third kappa shape index (κ3) is 5.91. The summed E-state index contributed by atoms with van der Waals surface area (Å²) in [6.45, 7) is 1.25. The highest BCUT2D eigenvalue weighted by Gasteiger charge is 2.25. The van der Waals surface area contributed by atoms with Gasteiger partial charge in [-0.05, 0) is 36.6 Å². The van der Waals surface area contributed by atoms with Crippen LogP contribution in [0, 0.1) is 0 Å². The van der Waals surface area contributed by atoms with Crippen LogP contribution in [0.2, 0.25) is 0 Å². The van der Waals surface area contributed by atoms with E-state index in [1.807, 2.05) is 0 Å². The zero-order valence-corrected chi connectivity index (χ0v) is 20.9. The minimum atomic E-state index is -0.334. The zero-order chi connectivity index (χ0) is 24.8. The van der Waals surface area contributed by atoms with Crippen LogP contribution in [0.5, 0.6) is 17.2 Å². The van der Waals surface area contributed by atoms with Crippen molar-refractivity contribution >= 4 is 35.5 Å². The Morgan fingerprint density at radius 2 is 1.97 bits per heavy atom. The van der Waals surface area contributed by atoms with Crippen molar-refractivity contribution in [3.8, 4) is 17.2 Å². The summed E-state index contributed by atoms with van der Waals surface area (Å²) in [5, 5.41) is 10.4. The molecule has 4 rings (SSSR count). The second kappa shape index (κ2) is 11.5. The number of ether oxygens (including phenoxy) is 4. The van der Waals surface area contributed by atoms with Crippen LogP contribution in [0.15, 0.2) is 18.2 Å². The van der Waals surface area contributed by atoms with Gasteiger partial charge in [-0.2, -0.15) is 16.9 Å². The molecule has 188 valence electrons. The van der Waals surface area contributed by atoms with Crippen LogP contribution in [-0.4, -0.2) is 62.2 Å². The maximum atomic E-state index is 12.8. The van der Waals surface area contributed by atoms with Crippen LogP contribution in [0.1, 0.15) is 29.7 Å². The van der Waals surface area contributed by atoms with Gasteiger partial charge in [-0.3, -0.25) is 9.59 Å². The Labute approximate surface area is 208 Å². The summed E-state index contributed by atoms with van der Waals surface area (Å²) < 4.78 is 23.2. The fourth-order valence-corrected chi connectivity index (χ4v) is 5.11. The van der Waals surface area contributed by atoms with Gasteiger partial charge < -0.3 is 29.6 Å². The lowest BCUT2D eigenvalue weighted by atomic mass is 10.1. The number of carbonyl (C=O) groups excluding carboxylic acids is 2. The molecule has 10 nitrogen and oxygen atoms in total. The van der Waals surface area contributed by atoms with Crippen molar-refractivity contribution in [3.05, 3.63) is 35.0 Å². The summed E-state index contributed by atoms with van der Waals surface area (Å²) in [4.78, 5) is 25.3. The number of hydrogen-bond acceptors (Lipinski definition) is 8. The van der Waals surface area contributed by atoms with Crippen molar-refractivity contribution in [1.82, 2.24) is 15.1 Å². The van der Waals surface area contributed by atoms with Crippen LogP contribution in [0.4, 0.5) is 5.82 Å². The summed E-state index contributed by atoms with van der Waals surface area (Å²) in [5.41, 5.74) is 2.56. The molecule has 0 radical (unpaired) electrons. The Balaban J connectivity index is 1.45. The van der Waals surface area contributed by atoms with Crippen LogP contribution in [-0.2, 0) is 32.4 Å². The monoisotopic (exact) mass is 502 g/mol. The van der Waals surface area contributed by atoms with Crippen molar-refractivity contribution in [2.45, 2.75) is 37.0 Å². The van der Waals surface area contributed by atoms with E-state index in [1.54, 1.807) is 34.7 Å². The zero-order valence-electron chi connectivity index (χ0n) is 20.1. The highest BCUT2D eigenvalue weighted by atomic mass is 32.2. The topological polar surface area (TPSA) is 113 Å². The van der Waals surface area contributed by atoms with Gasteiger partial charge in [0.15, 0.2) is 11.5 Å². The van der Waals surface area contributed by atoms with Gasteiger partial charge in [0, 0.05) is 36.3 Å². The molecule has 3 heterocycles. The first-order chi connectivity index (χ1) is 17.0. The normalized spacial score (nSPS) is 16.8. The van der Waals surface area contributed by atoms with Crippen LogP contribution in [0.3, 0.4) is 0 Å². The van der Waals surface area contributed by atoms with Crippen molar-refractivity contribution in [2.75, 3.05) is 39.8 Å². The molecule has 1 aromatic carbocycles. The van der Waals surface area contributed by atoms with Crippen molar-refractivity contribution in [1.29, 1.82) is 0 Å². The predicted molar refractivity (Wildman–Crippen MR) is 133 cm³/mol. The van der Waals surface area contributed by atoms with Crippen LogP contribution < -0.4 is 24.8 Å². The lowest BCUT2D eigenvalue weighted by Crippen LogP contribution is -2.34. The number of methoxy groups -OCH3 is 3. The molecule has 1 saturated heterocycles. The van der Waals surface area contributed by atoms with Gasteiger partial charge in [0.05, 0.1) is 33.1 Å². The highest BCUT2D eigenvalue weighted by molar-refractivity contribution is 7.98. The first-order valence-corrected chi connectivity index (χ1v) is 12.5. The second-order valence-corrected chi connectivity index (χ2v) is 9.13. The number of nitrogens with zero attached hydrogens (tertiary/aromatic N) is 2. The van der Waals surface area contributed by atoms with Crippen LogP contribution in [0.25, 0.3) is 6.08 Å². The van der Waals surface area contributed by atoms with E-state index in [0.717, 1.165) is 42.2 Å². The van der Waals surface area contributed by atoms with Gasteiger partial charge in [-0.25, -0.2) is 4.68 Å². The highest BCUT2D eigenvalue weighted by Crippen LogP contribution is 2.38. The Kier molecular flexibility index (Phi) is 8.19. The van der Waals surface area contributed by atoms with E-state index in [2.05, 4.69) is 15.7 Å². The number of anilines is 1. The van der Waals surface area contributed by atoms with E-state index >= 15 is 0 Å². The average Bonchev–Trinajstić information content (AvgIpc) is 3.61. The van der Waals surface area contributed by atoms with Gasteiger partial charge >= 0.3 is 0 Å². The van der Waals surface area contributed by atoms with Crippen molar-refractivity contribution in [3.63, 3.8) is 0 Å². The van der Waals surface area contributed by atoms with E-state index in [-0.39, 0.29) is 24.5 Å². The molecule has 11 heteroatoms. The molecule has 0 saturated carbocycles. The third-order valence-electron chi connectivity index (χ3n) is 5.82. The summed E-state index contributed by atoms with van der Waals surface area (Å²) in [7, 11) is 4.61. The standard InChI is InChI=1S/C24H30N4O6S/c1-31-19-9-15(10-20(32-2)23(19)33-3)6-7-21(29)26-24-17-13-35-14-18(17)27-28(24)12-22(30)25-11-16-5-4-8-34-16/h6-7,9-10,16H,4-5,8,11-14H2,1-3H3,(H,25,30)(H,26,29)/b7-6-. The predicted octanol–water partition coefficient (Wildman–Crippen LogP) is 2.60. The largest absolute Gasteiger partial charge is 0.493 e. The molecule has 1 atom stereocenters. The fraction of sp³-hybridized carbons (Fsp3) is 0.458. The number of amides is 2. The molecule has 1 fully saturated rings. The quantitative estimate of drug-likeness (QED) is 0.477. The minimum Gasteiger partial charge on any atom is -0.493 e. The Bertz CT molecular complexity index is 1080. The summed E-state index contributed by atoms with van der Waals surface area (Å²) in [6.07, 6.45) is 5.11. The summed E-state index contributed by atoms with van der Waals surface area (Å²) >= 11 is 1.73. The van der Waals surface area contributed by atoms with Gasteiger partial charge in [0.1, 0.15) is 12.4 Å². The number of fused-ring (bicyclic) bond motifs is 1. The molecular formula is C24H30N4O6S. The first kappa shape index (κ1) is 24.9. The SMILES string of the molecule is COc1cc(/C=C\C(=O)Nc2c3c(nn2CC(=O)NCC2CCCO2)CSC3)cc(OC)c1OC. The van der Waals surface area contributed by atoms with Crippen molar-refractivity contribution in [2.24, 2.45) is 0 Å². The number of thioether (sulfide) groups is 1. The average molecular weight is 503 g/mol. The summed E-state index contributed by atoms with van der Waals surface area (Å²) in [5.74, 6) is 3.01. The maximum absolute atomic E-state index is 12.8. The van der Waals surface area contributed by atoms with Gasteiger partial charge in [0.25, 0.3) is 0 Å². The molecule has 0 bridgehead atoms. The lowest BCUT2D eigenvalue weighted by Gasteiger charge is -2.13. The molecule has 2 aliphatic heterocycles. The van der Waals surface area contributed by atoms with E-state index in [0.29, 0.717) is 35.2 Å². The first-order valence-electron chi connectivity index (χ1n) is 11.4. The number of benzene rings is 1. The third-order valence-corrected chi connectivity index (χ3v) is 6.79. The number of nitrogens with one attached hydrogen (secondary N) is 2.